The molecule has 0 aliphatic carbocycles. The Labute approximate surface area is 78.5 Å². The van der Waals surface area contributed by atoms with E-state index in [1.807, 2.05) is 0 Å². The minimum Gasteiger partial charge on any atom is -0.325 e. The van der Waals surface area contributed by atoms with Crippen LogP contribution >= 0.6 is 0 Å². The van der Waals surface area contributed by atoms with E-state index in [1.54, 1.807) is 0 Å². The smallest absolute Gasteiger partial charge is 0.294 e. The number of rotatable bonds is 3. The quantitative estimate of drug-likeness (QED) is 0.757. The molecule has 5 heteroatoms. The van der Waals surface area contributed by atoms with Crippen molar-refractivity contribution in [1.82, 2.24) is 0 Å². The number of hydrogen-bond donors (Lipinski definition) is 1. The Morgan fingerprint density at radius 1 is 1.29 bits per heavy atom. The van der Waals surface area contributed by atoms with Gasteiger partial charge in [-0.05, 0) is 6.07 Å². The van der Waals surface area contributed by atoms with Gasteiger partial charge in [-0.1, -0.05) is 18.2 Å². The standard InChI is InChI=1S/C9H9F4N/c10-7-4-2-1-3-6(7)8(11)9(12,13)5-14/h1-4,8H,5,14H2. The highest BCUT2D eigenvalue weighted by Crippen LogP contribution is 2.34. The zero-order valence-electron chi connectivity index (χ0n) is 7.18. The Balaban J connectivity index is 3.00. The maximum Gasteiger partial charge on any atom is 0.294 e. The highest BCUT2D eigenvalue weighted by Gasteiger charge is 2.40. The lowest BCUT2D eigenvalue weighted by molar-refractivity contribution is -0.0663. The van der Waals surface area contributed by atoms with Gasteiger partial charge in [-0.15, -0.1) is 0 Å². The van der Waals surface area contributed by atoms with Crippen LogP contribution in [-0.4, -0.2) is 12.5 Å². The molecule has 0 spiro atoms. The molecule has 1 aromatic rings. The van der Waals surface area contributed by atoms with Crippen LogP contribution in [0.3, 0.4) is 0 Å². The summed E-state index contributed by atoms with van der Waals surface area (Å²) in [4.78, 5) is 0. The van der Waals surface area contributed by atoms with E-state index in [1.165, 1.54) is 12.1 Å². The summed E-state index contributed by atoms with van der Waals surface area (Å²) in [5.41, 5.74) is 4.02. The molecule has 14 heavy (non-hydrogen) atoms. The highest BCUT2D eigenvalue weighted by molar-refractivity contribution is 5.21. The fraction of sp³-hybridized carbons (Fsp3) is 0.333. The summed E-state index contributed by atoms with van der Waals surface area (Å²) in [6.45, 7) is -1.15. The Morgan fingerprint density at radius 3 is 2.36 bits per heavy atom. The Kier molecular flexibility index (Phi) is 3.10. The molecule has 0 aliphatic heterocycles. The lowest BCUT2D eigenvalue weighted by Gasteiger charge is -2.19. The number of halogens is 4. The molecule has 1 nitrogen and oxygen atoms in total. The Bertz CT molecular complexity index is 313. The lowest BCUT2D eigenvalue weighted by Crippen LogP contribution is -2.33. The maximum atomic E-state index is 13.1. The van der Waals surface area contributed by atoms with Gasteiger partial charge in [0, 0.05) is 5.56 Å². The predicted molar refractivity (Wildman–Crippen MR) is 44.3 cm³/mol. The molecule has 78 valence electrons. The molecule has 0 fully saturated rings. The van der Waals surface area contributed by atoms with Gasteiger partial charge in [0.15, 0.2) is 6.17 Å². The molecule has 0 aliphatic rings. The van der Waals surface area contributed by atoms with Crippen LogP contribution in [0.5, 0.6) is 0 Å². The first-order valence-corrected chi connectivity index (χ1v) is 3.95. The average molecular weight is 207 g/mol. The van der Waals surface area contributed by atoms with Gasteiger partial charge < -0.3 is 5.73 Å². The molecule has 0 saturated heterocycles. The number of hydrogen-bond acceptors (Lipinski definition) is 1. The van der Waals surface area contributed by atoms with Gasteiger partial charge in [-0.2, -0.15) is 0 Å². The van der Waals surface area contributed by atoms with Crippen molar-refractivity contribution < 1.29 is 17.6 Å². The first-order valence-electron chi connectivity index (χ1n) is 3.95. The summed E-state index contributed by atoms with van der Waals surface area (Å²) in [6, 6.07) is 4.49. The van der Waals surface area contributed by atoms with Gasteiger partial charge in [0.25, 0.3) is 5.92 Å². The van der Waals surface area contributed by atoms with E-state index in [0.29, 0.717) is 0 Å². The number of benzene rings is 1. The van der Waals surface area contributed by atoms with Crippen molar-refractivity contribution in [1.29, 1.82) is 0 Å². The highest BCUT2D eigenvalue weighted by atomic mass is 19.3. The summed E-state index contributed by atoms with van der Waals surface area (Å²) < 4.78 is 51.5. The van der Waals surface area contributed by atoms with E-state index in [-0.39, 0.29) is 0 Å². The number of alkyl halides is 3. The normalized spacial score (nSPS) is 14.1. The molecule has 0 aromatic heterocycles. The van der Waals surface area contributed by atoms with Crippen molar-refractivity contribution >= 4 is 0 Å². The average Bonchev–Trinajstić information content (AvgIpc) is 2.17. The van der Waals surface area contributed by atoms with Crippen LogP contribution in [0, 0.1) is 5.82 Å². The third kappa shape index (κ3) is 2.04. The van der Waals surface area contributed by atoms with Gasteiger partial charge in [0.1, 0.15) is 5.82 Å². The SMILES string of the molecule is NCC(F)(F)C(F)c1ccccc1F. The summed E-state index contributed by atoms with van der Waals surface area (Å²) in [6.07, 6.45) is -2.70. The van der Waals surface area contributed by atoms with Gasteiger partial charge in [-0.3, -0.25) is 0 Å². The molecule has 0 amide bonds. The van der Waals surface area contributed by atoms with Crippen LogP contribution in [-0.2, 0) is 0 Å². The van der Waals surface area contributed by atoms with E-state index in [2.05, 4.69) is 5.73 Å². The van der Waals surface area contributed by atoms with E-state index < -0.39 is 30.0 Å². The van der Waals surface area contributed by atoms with Crippen molar-refractivity contribution in [2.24, 2.45) is 5.73 Å². The second kappa shape index (κ2) is 3.96. The van der Waals surface area contributed by atoms with Gasteiger partial charge in [-0.25, -0.2) is 17.6 Å². The van der Waals surface area contributed by atoms with Crippen molar-refractivity contribution in [3.63, 3.8) is 0 Å². The first kappa shape index (κ1) is 11.0. The minimum atomic E-state index is -3.73. The van der Waals surface area contributed by atoms with Crippen molar-refractivity contribution in [2.75, 3.05) is 6.54 Å². The minimum absolute atomic E-state index is 0.664. The summed E-state index contributed by atoms with van der Waals surface area (Å²) >= 11 is 0. The molecule has 1 aromatic carbocycles. The second-order valence-electron chi connectivity index (χ2n) is 2.85. The topological polar surface area (TPSA) is 26.0 Å². The van der Waals surface area contributed by atoms with Crippen LogP contribution in [0.4, 0.5) is 17.6 Å². The van der Waals surface area contributed by atoms with E-state index in [0.717, 1.165) is 12.1 Å². The molecule has 0 saturated carbocycles. The van der Waals surface area contributed by atoms with E-state index in [9.17, 15) is 17.6 Å². The predicted octanol–water partition coefficient (Wildman–Crippen LogP) is 2.43. The lowest BCUT2D eigenvalue weighted by atomic mass is 10.0. The maximum absolute atomic E-state index is 13.1. The molecule has 1 rings (SSSR count). The van der Waals surface area contributed by atoms with E-state index in [4.69, 9.17) is 0 Å². The second-order valence-corrected chi connectivity index (χ2v) is 2.85. The van der Waals surface area contributed by atoms with Crippen LogP contribution in [0.2, 0.25) is 0 Å². The molecule has 1 atom stereocenters. The summed E-state index contributed by atoms with van der Waals surface area (Å²) in [5, 5.41) is 0. The third-order valence-corrected chi connectivity index (χ3v) is 1.82. The van der Waals surface area contributed by atoms with Gasteiger partial charge in [0.2, 0.25) is 0 Å². The summed E-state index contributed by atoms with van der Waals surface area (Å²) in [5.74, 6) is -4.73. The molecule has 0 bridgehead atoms. The Morgan fingerprint density at radius 2 is 1.86 bits per heavy atom. The fourth-order valence-electron chi connectivity index (χ4n) is 1.01. The van der Waals surface area contributed by atoms with Crippen molar-refractivity contribution in [2.45, 2.75) is 12.1 Å². The van der Waals surface area contributed by atoms with Gasteiger partial charge in [0.05, 0.1) is 6.54 Å². The first-order chi connectivity index (χ1) is 6.49. The largest absolute Gasteiger partial charge is 0.325 e. The molecule has 0 radical (unpaired) electrons. The molecule has 0 heterocycles. The van der Waals surface area contributed by atoms with Crippen molar-refractivity contribution in [3.8, 4) is 0 Å². The van der Waals surface area contributed by atoms with Crippen LogP contribution in [0.15, 0.2) is 24.3 Å². The van der Waals surface area contributed by atoms with Gasteiger partial charge >= 0.3 is 0 Å². The molecule has 1 unspecified atom stereocenters. The monoisotopic (exact) mass is 207 g/mol. The third-order valence-electron chi connectivity index (χ3n) is 1.82. The Hall–Kier alpha value is -1.10. The summed E-state index contributed by atoms with van der Waals surface area (Å²) in [7, 11) is 0. The molecule has 2 N–H and O–H groups in total. The van der Waals surface area contributed by atoms with Crippen LogP contribution in [0.25, 0.3) is 0 Å². The van der Waals surface area contributed by atoms with E-state index >= 15 is 0 Å². The van der Waals surface area contributed by atoms with Crippen molar-refractivity contribution in [3.05, 3.63) is 35.6 Å². The van der Waals surface area contributed by atoms with Crippen LogP contribution < -0.4 is 5.73 Å². The number of nitrogens with two attached hydrogens (primary N) is 1. The fourth-order valence-corrected chi connectivity index (χ4v) is 1.01. The molecular formula is C9H9F4N. The zero-order valence-corrected chi connectivity index (χ0v) is 7.18. The molecular weight excluding hydrogens is 198 g/mol. The van der Waals surface area contributed by atoms with Crippen LogP contribution in [0.1, 0.15) is 11.7 Å². The zero-order chi connectivity index (χ0) is 10.8.